The van der Waals surface area contributed by atoms with Crippen LogP contribution in [0.25, 0.3) is 5.65 Å². The molecule has 16 heavy (non-hydrogen) atoms. The van der Waals surface area contributed by atoms with E-state index in [0.29, 0.717) is 16.9 Å². The number of ether oxygens (including phenoxy) is 1. The summed E-state index contributed by atoms with van der Waals surface area (Å²) in [6.45, 7) is 0.326. The highest BCUT2D eigenvalue weighted by Gasteiger charge is 2.13. The molecular formula is C9H9N3O3S. The molecular weight excluding hydrogens is 230 g/mol. The maximum Gasteiger partial charge on any atom is 0.341 e. The van der Waals surface area contributed by atoms with Crippen molar-refractivity contribution in [3.63, 3.8) is 0 Å². The minimum Gasteiger partial charge on any atom is -0.477 e. The minimum absolute atomic E-state index is 0.0871. The predicted octanol–water partition coefficient (Wildman–Crippen LogP) is 1.24. The van der Waals surface area contributed by atoms with Crippen molar-refractivity contribution < 1.29 is 14.6 Å². The maximum atomic E-state index is 10.9. The van der Waals surface area contributed by atoms with E-state index in [0.717, 1.165) is 5.69 Å². The van der Waals surface area contributed by atoms with Crippen molar-refractivity contribution in [2.45, 2.75) is 6.61 Å². The summed E-state index contributed by atoms with van der Waals surface area (Å²) >= 11 is 4.97. The predicted molar refractivity (Wildman–Crippen MR) is 58.0 cm³/mol. The van der Waals surface area contributed by atoms with Gasteiger partial charge < -0.3 is 9.84 Å². The molecule has 0 spiro atoms. The van der Waals surface area contributed by atoms with E-state index in [-0.39, 0.29) is 5.56 Å². The summed E-state index contributed by atoms with van der Waals surface area (Å²) in [6.07, 6.45) is 1.37. The van der Waals surface area contributed by atoms with E-state index in [1.807, 2.05) is 0 Å². The SMILES string of the molecule is COCc1cc(=S)nc2c(C(=O)O)c[nH]n12. The molecule has 0 amide bonds. The van der Waals surface area contributed by atoms with Crippen LogP contribution in [-0.4, -0.2) is 32.8 Å². The first-order valence-corrected chi connectivity index (χ1v) is 4.86. The Morgan fingerprint density at radius 2 is 2.50 bits per heavy atom. The number of hydrogen-bond donors (Lipinski definition) is 2. The zero-order valence-corrected chi connectivity index (χ0v) is 9.24. The van der Waals surface area contributed by atoms with Gasteiger partial charge in [0.05, 0.1) is 12.3 Å². The molecule has 0 unspecified atom stereocenters. The summed E-state index contributed by atoms with van der Waals surface area (Å²) in [5.74, 6) is -1.05. The van der Waals surface area contributed by atoms with Gasteiger partial charge >= 0.3 is 5.97 Å². The minimum atomic E-state index is -1.05. The molecule has 2 aromatic rings. The molecule has 2 heterocycles. The van der Waals surface area contributed by atoms with E-state index in [1.54, 1.807) is 17.7 Å². The third kappa shape index (κ3) is 1.70. The second-order valence-electron chi connectivity index (χ2n) is 3.17. The van der Waals surface area contributed by atoms with Crippen LogP contribution in [-0.2, 0) is 11.3 Å². The molecule has 6 nitrogen and oxygen atoms in total. The van der Waals surface area contributed by atoms with Gasteiger partial charge in [-0.15, -0.1) is 0 Å². The molecule has 0 aromatic carbocycles. The summed E-state index contributed by atoms with van der Waals surface area (Å²) < 4.78 is 6.88. The number of methoxy groups -OCH3 is 1. The Labute approximate surface area is 95.5 Å². The van der Waals surface area contributed by atoms with E-state index in [2.05, 4.69) is 10.1 Å². The normalized spacial score (nSPS) is 10.8. The summed E-state index contributed by atoms with van der Waals surface area (Å²) in [5, 5.41) is 11.7. The Kier molecular flexibility index (Phi) is 2.71. The number of nitrogens with one attached hydrogen (secondary N) is 1. The van der Waals surface area contributed by atoms with Gasteiger partial charge in [0.2, 0.25) is 0 Å². The number of aromatic amines is 1. The molecule has 0 saturated heterocycles. The summed E-state index contributed by atoms with van der Waals surface area (Å²) in [7, 11) is 1.55. The van der Waals surface area contributed by atoms with Gasteiger partial charge in [-0.25, -0.2) is 14.3 Å². The first kappa shape index (κ1) is 10.8. The Balaban J connectivity index is 2.75. The van der Waals surface area contributed by atoms with Gasteiger partial charge in [0.25, 0.3) is 0 Å². The Morgan fingerprint density at radius 3 is 3.12 bits per heavy atom. The number of carboxylic acid groups (broad SMARTS) is 1. The largest absolute Gasteiger partial charge is 0.477 e. The zero-order chi connectivity index (χ0) is 11.7. The van der Waals surface area contributed by atoms with Crippen LogP contribution in [0.5, 0.6) is 0 Å². The number of carboxylic acids is 1. The van der Waals surface area contributed by atoms with Crippen LogP contribution in [0.15, 0.2) is 12.3 Å². The molecule has 0 bridgehead atoms. The van der Waals surface area contributed by atoms with E-state index in [4.69, 9.17) is 22.1 Å². The summed E-state index contributed by atoms with van der Waals surface area (Å²) in [4.78, 5) is 14.9. The molecule has 0 aliphatic rings. The molecule has 84 valence electrons. The van der Waals surface area contributed by atoms with Gasteiger partial charge in [-0.05, 0) is 6.07 Å². The van der Waals surface area contributed by atoms with Gasteiger partial charge in [-0.1, -0.05) is 12.2 Å². The standard InChI is InChI=1S/C9H9N3O3S/c1-15-4-5-2-7(16)11-8-6(9(13)14)3-10-12(5)8/h2-3,10H,4H2,1H3,(H,13,14). The number of rotatable bonds is 3. The Morgan fingerprint density at radius 1 is 1.75 bits per heavy atom. The van der Waals surface area contributed by atoms with E-state index >= 15 is 0 Å². The lowest BCUT2D eigenvalue weighted by Crippen LogP contribution is -2.03. The zero-order valence-electron chi connectivity index (χ0n) is 8.43. The van der Waals surface area contributed by atoms with E-state index in [9.17, 15) is 4.79 Å². The van der Waals surface area contributed by atoms with Crippen molar-refractivity contribution in [3.8, 4) is 0 Å². The topological polar surface area (TPSA) is 79.6 Å². The van der Waals surface area contributed by atoms with Crippen LogP contribution in [0.2, 0.25) is 0 Å². The third-order valence-electron chi connectivity index (χ3n) is 2.11. The number of aromatic nitrogens is 3. The van der Waals surface area contributed by atoms with E-state index in [1.165, 1.54) is 6.20 Å². The number of nitrogens with zero attached hydrogens (tertiary/aromatic N) is 2. The van der Waals surface area contributed by atoms with Crippen LogP contribution in [0.4, 0.5) is 0 Å². The Bertz CT molecular complexity index is 602. The fourth-order valence-corrected chi connectivity index (χ4v) is 1.68. The number of fused-ring (bicyclic) bond motifs is 1. The van der Waals surface area contributed by atoms with Crippen molar-refractivity contribution in [3.05, 3.63) is 28.2 Å². The average molecular weight is 239 g/mol. The van der Waals surface area contributed by atoms with Gasteiger partial charge in [-0.3, -0.25) is 5.10 Å². The summed E-state index contributed by atoms with van der Waals surface area (Å²) in [5.41, 5.74) is 1.11. The Hall–Kier alpha value is -1.73. The van der Waals surface area contributed by atoms with Crippen LogP contribution >= 0.6 is 12.2 Å². The van der Waals surface area contributed by atoms with Gasteiger partial charge in [-0.2, -0.15) is 0 Å². The molecule has 2 rings (SSSR count). The third-order valence-corrected chi connectivity index (χ3v) is 2.32. The lowest BCUT2D eigenvalue weighted by atomic mass is 10.3. The maximum absolute atomic E-state index is 10.9. The number of carbonyl (C=O) groups is 1. The molecule has 0 saturated carbocycles. The van der Waals surface area contributed by atoms with Crippen molar-refractivity contribution in [1.29, 1.82) is 0 Å². The molecule has 0 aliphatic carbocycles. The second-order valence-corrected chi connectivity index (χ2v) is 3.59. The van der Waals surface area contributed by atoms with Crippen molar-refractivity contribution in [1.82, 2.24) is 14.6 Å². The molecule has 2 aromatic heterocycles. The molecule has 0 radical (unpaired) electrons. The number of aromatic carboxylic acids is 1. The fraction of sp³-hybridized carbons (Fsp3) is 0.222. The molecule has 7 heteroatoms. The first-order valence-electron chi connectivity index (χ1n) is 4.46. The van der Waals surface area contributed by atoms with Gasteiger partial charge in [0.15, 0.2) is 5.65 Å². The quantitative estimate of drug-likeness (QED) is 0.788. The van der Waals surface area contributed by atoms with Gasteiger partial charge in [0, 0.05) is 13.3 Å². The highest BCUT2D eigenvalue weighted by atomic mass is 32.1. The van der Waals surface area contributed by atoms with Crippen molar-refractivity contribution in [2.75, 3.05) is 7.11 Å². The highest BCUT2D eigenvalue weighted by Crippen LogP contribution is 2.11. The van der Waals surface area contributed by atoms with Crippen LogP contribution in [0.1, 0.15) is 16.1 Å². The molecule has 2 N–H and O–H groups in total. The second kappa shape index (κ2) is 4.03. The van der Waals surface area contributed by atoms with E-state index < -0.39 is 5.97 Å². The molecule has 0 atom stereocenters. The lowest BCUT2D eigenvalue weighted by molar-refractivity contribution is 0.0698. The van der Waals surface area contributed by atoms with Crippen molar-refractivity contribution in [2.24, 2.45) is 0 Å². The van der Waals surface area contributed by atoms with Crippen molar-refractivity contribution >= 4 is 23.8 Å². The lowest BCUT2D eigenvalue weighted by Gasteiger charge is -2.03. The molecule has 0 aliphatic heterocycles. The van der Waals surface area contributed by atoms with Crippen LogP contribution < -0.4 is 0 Å². The monoisotopic (exact) mass is 239 g/mol. The average Bonchev–Trinajstić information content (AvgIpc) is 2.61. The van der Waals surface area contributed by atoms with Crippen LogP contribution in [0, 0.1) is 4.64 Å². The van der Waals surface area contributed by atoms with Crippen LogP contribution in [0.3, 0.4) is 0 Å². The smallest absolute Gasteiger partial charge is 0.341 e. The molecule has 0 fully saturated rings. The number of hydrogen-bond acceptors (Lipinski definition) is 4. The van der Waals surface area contributed by atoms with Gasteiger partial charge in [0.1, 0.15) is 10.2 Å². The highest BCUT2D eigenvalue weighted by molar-refractivity contribution is 7.71. The number of H-pyrrole nitrogens is 1. The summed E-state index contributed by atoms with van der Waals surface area (Å²) in [6, 6.07) is 1.66. The first-order chi connectivity index (χ1) is 7.63. The fourth-order valence-electron chi connectivity index (χ4n) is 1.46.